The zero-order chi connectivity index (χ0) is 16.7. The molecule has 0 aromatic heterocycles. The van der Waals surface area contributed by atoms with Crippen molar-refractivity contribution in [1.82, 2.24) is 5.32 Å². The average Bonchev–Trinajstić information content (AvgIpc) is 2.53. The minimum Gasteiger partial charge on any atom is -0.494 e. The zero-order valence-corrected chi connectivity index (χ0v) is 14.0. The molecule has 0 spiro atoms. The van der Waals surface area contributed by atoms with E-state index < -0.39 is 0 Å². The summed E-state index contributed by atoms with van der Waals surface area (Å²) in [4.78, 5) is 11.9. The lowest BCUT2D eigenvalue weighted by Crippen LogP contribution is -2.30. The molecule has 0 fully saturated rings. The first-order valence-corrected chi connectivity index (χ1v) is 7.87. The topological polar surface area (TPSA) is 50.4 Å². The Labute approximate surface area is 137 Å². The van der Waals surface area contributed by atoms with E-state index in [2.05, 4.69) is 10.6 Å². The number of hydrogen-bond donors (Lipinski definition) is 2. The summed E-state index contributed by atoms with van der Waals surface area (Å²) in [5.74, 6) is 0.857. The van der Waals surface area contributed by atoms with Crippen molar-refractivity contribution in [3.63, 3.8) is 0 Å². The van der Waals surface area contributed by atoms with E-state index >= 15 is 0 Å². The molecule has 2 rings (SSSR count). The van der Waals surface area contributed by atoms with Crippen molar-refractivity contribution in [1.29, 1.82) is 0 Å². The molecule has 2 amide bonds. The number of carbonyl (C=O) groups excluding carboxylic acids is 1. The first-order chi connectivity index (χ1) is 11.1. The van der Waals surface area contributed by atoms with Gasteiger partial charge >= 0.3 is 6.03 Å². The average molecular weight is 312 g/mol. The van der Waals surface area contributed by atoms with Crippen molar-refractivity contribution in [2.24, 2.45) is 0 Å². The molecule has 4 heteroatoms. The van der Waals surface area contributed by atoms with Gasteiger partial charge in [-0.3, -0.25) is 0 Å². The fourth-order valence-electron chi connectivity index (χ4n) is 2.15. The van der Waals surface area contributed by atoms with Gasteiger partial charge in [0.1, 0.15) is 5.75 Å². The summed E-state index contributed by atoms with van der Waals surface area (Å²) >= 11 is 0. The molecule has 0 unspecified atom stereocenters. The molecule has 0 saturated heterocycles. The lowest BCUT2D eigenvalue weighted by atomic mass is 10.1. The van der Waals surface area contributed by atoms with E-state index in [4.69, 9.17) is 4.74 Å². The van der Waals surface area contributed by atoms with E-state index in [1.54, 1.807) is 0 Å². The van der Waals surface area contributed by atoms with Crippen LogP contribution in [0.4, 0.5) is 10.5 Å². The van der Waals surface area contributed by atoms with Crippen LogP contribution in [-0.4, -0.2) is 19.2 Å². The van der Waals surface area contributed by atoms with Crippen LogP contribution in [-0.2, 0) is 0 Å². The maximum atomic E-state index is 11.9. The van der Waals surface area contributed by atoms with Crippen LogP contribution in [0.1, 0.15) is 23.1 Å². The monoisotopic (exact) mass is 312 g/mol. The van der Waals surface area contributed by atoms with Gasteiger partial charge in [-0.1, -0.05) is 29.8 Å². The molecule has 0 atom stereocenters. The predicted molar refractivity (Wildman–Crippen MR) is 94.2 cm³/mol. The lowest BCUT2D eigenvalue weighted by Gasteiger charge is -2.11. The highest BCUT2D eigenvalue weighted by Crippen LogP contribution is 2.17. The van der Waals surface area contributed by atoms with E-state index in [1.165, 1.54) is 5.56 Å². The summed E-state index contributed by atoms with van der Waals surface area (Å²) in [6, 6.07) is 13.6. The fraction of sp³-hybridized carbons (Fsp3) is 0.316. The van der Waals surface area contributed by atoms with Crippen molar-refractivity contribution >= 4 is 11.7 Å². The quantitative estimate of drug-likeness (QED) is 0.785. The number of aryl methyl sites for hydroxylation is 2. The third-order valence-electron chi connectivity index (χ3n) is 3.75. The number of carbonyl (C=O) groups is 1. The Balaban J connectivity index is 1.67. The van der Waals surface area contributed by atoms with Crippen LogP contribution in [0.15, 0.2) is 42.5 Å². The van der Waals surface area contributed by atoms with Crippen molar-refractivity contribution in [2.45, 2.75) is 27.2 Å². The number of benzene rings is 2. The van der Waals surface area contributed by atoms with Crippen molar-refractivity contribution in [3.05, 3.63) is 59.2 Å². The van der Waals surface area contributed by atoms with Crippen molar-refractivity contribution < 1.29 is 9.53 Å². The number of amides is 2. The van der Waals surface area contributed by atoms with E-state index in [0.717, 1.165) is 29.0 Å². The van der Waals surface area contributed by atoms with Gasteiger partial charge in [0.2, 0.25) is 0 Å². The van der Waals surface area contributed by atoms with Gasteiger partial charge in [-0.15, -0.1) is 0 Å². The van der Waals surface area contributed by atoms with Crippen LogP contribution in [0.5, 0.6) is 5.75 Å². The van der Waals surface area contributed by atoms with Crippen LogP contribution < -0.4 is 15.4 Å². The molecule has 0 aliphatic carbocycles. The smallest absolute Gasteiger partial charge is 0.319 e. The third-order valence-corrected chi connectivity index (χ3v) is 3.75. The molecule has 23 heavy (non-hydrogen) atoms. The Morgan fingerprint density at radius 3 is 2.52 bits per heavy atom. The molecule has 0 radical (unpaired) electrons. The summed E-state index contributed by atoms with van der Waals surface area (Å²) in [5.41, 5.74) is 4.31. The Morgan fingerprint density at radius 2 is 1.78 bits per heavy atom. The van der Waals surface area contributed by atoms with Crippen molar-refractivity contribution in [2.75, 3.05) is 18.5 Å². The van der Waals surface area contributed by atoms with Gasteiger partial charge in [0.25, 0.3) is 0 Å². The molecule has 0 heterocycles. The molecular weight excluding hydrogens is 288 g/mol. The number of urea groups is 1. The lowest BCUT2D eigenvalue weighted by molar-refractivity contribution is 0.250. The number of nitrogens with one attached hydrogen (secondary N) is 2. The van der Waals surface area contributed by atoms with Crippen LogP contribution in [0.25, 0.3) is 0 Å². The van der Waals surface area contributed by atoms with Gasteiger partial charge in [0.05, 0.1) is 6.61 Å². The SMILES string of the molecule is Cc1ccc(OCCCNC(=O)Nc2cccc(C)c2C)cc1. The van der Waals surface area contributed by atoms with Gasteiger partial charge in [0, 0.05) is 12.2 Å². The van der Waals surface area contributed by atoms with Gasteiger partial charge in [-0.05, 0) is 56.5 Å². The Kier molecular flexibility index (Phi) is 6.03. The summed E-state index contributed by atoms with van der Waals surface area (Å²) in [7, 11) is 0. The molecule has 2 N–H and O–H groups in total. The summed E-state index contributed by atoms with van der Waals surface area (Å²) in [5, 5.41) is 5.72. The highest BCUT2D eigenvalue weighted by Gasteiger charge is 2.05. The third kappa shape index (κ3) is 5.33. The number of hydrogen-bond acceptors (Lipinski definition) is 2. The number of ether oxygens (including phenoxy) is 1. The van der Waals surface area contributed by atoms with E-state index in [1.807, 2.05) is 63.2 Å². The minimum atomic E-state index is -0.186. The molecule has 2 aromatic carbocycles. The molecule has 2 aromatic rings. The Hall–Kier alpha value is -2.49. The van der Waals surface area contributed by atoms with Crippen LogP contribution in [0.2, 0.25) is 0 Å². The maximum absolute atomic E-state index is 11.9. The molecule has 0 aliphatic heterocycles. The maximum Gasteiger partial charge on any atom is 0.319 e. The van der Waals surface area contributed by atoms with E-state index in [-0.39, 0.29) is 6.03 Å². The van der Waals surface area contributed by atoms with Crippen LogP contribution in [0.3, 0.4) is 0 Å². The standard InChI is InChI=1S/C19H24N2O2/c1-14-8-10-17(11-9-14)23-13-5-12-20-19(22)21-18-7-4-6-15(2)16(18)3/h4,6-11H,5,12-13H2,1-3H3,(H2,20,21,22). The molecule has 0 saturated carbocycles. The van der Waals surface area contributed by atoms with Gasteiger partial charge in [-0.2, -0.15) is 0 Å². The normalized spacial score (nSPS) is 10.2. The van der Waals surface area contributed by atoms with Gasteiger partial charge < -0.3 is 15.4 Å². The van der Waals surface area contributed by atoms with Crippen molar-refractivity contribution in [3.8, 4) is 5.75 Å². The zero-order valence-electron chi connectivity index (χ0n) is 14.0. The summed E-state index contributed by atoms with van der Waals surface area (Å²) < 4.78 is 5.62. The summed E-state index contributed by atoms with van der Waals surface area (Å²) in [6.07, 6.45) is 0.758. The van der Waals surface area contributed by atoms with Gasteiger partial charge in [0.15, 0.2) is 0 Å². The van der Waals surface area contributed by atoms with E-state index in [0.29, 0.717) is 13.2 Å². The Bertz CT molecular complexity index is 651. The second kappa shape index (κ2) is 8.22. The van der Waals surface area contributed by atoms with Crippen LogP contribution in [0, 0.1) is 20.8 Å². The first-order valence-electron chi connectivity index (χ1n) is 7.87. The second-order valence-corrected chi connectivity index (χ2v) is 5.64. The first kappa shape index (κ1) is 16.9. The number of rotatable bonds is 6. The molecule has 0 bridgehead atoms. The largest absolute Gasteiger partial charge is 0.494 e. The van der Waals surface area contributed by atoms with Crippen LogP contribution >= 0.6 is 0 Å². The molecule has 0 aliphatic rings. The number of anilines is 1. The van der Waals surface area contributed by atoms with Gasteiger partial charge in [-0.25, -0.2) is 4.79 Å². The Morgan fingerprint density at radius 1 is 1.04 bits per heavy atom. The minimum absolute atomic E-state index is 0.186. The molecule has 4 nitrogen and oxygen atoms in total. The fourth-order valence-corrected chi connectivity index (χ4v) is 2.15. The molecule has 122 valence electrons. The second-order valence-electron chi connectivity index (χ2n) is 5.64. The predicted octanol–water partition coefficient (Wildman–Crippen LogP) is 4.20. The highest BCUT2D eigenvalue weighted by atomic mass is 16.5. The summed E-state index contributed by atoms with van der Waals surface area (Å²) in [6.45, 7) is 7.22. The molecular formula is C19H24N2O2. The van der Waals surface area contributed by atoms with E-state index in [9.17, 15) is 4.79 Å². The highest BCUT2D eigenvalue weighted by molar-refractivity contribution is 5.90.